The summed E-state index contributed by atoms with van der Waals surface area (Å²) in [6, 6.07) is 0. The molecule has 0 saturated carbocycles. The van der Waals surface area contributed by atoms with Crippen LogP contribution in [0.15, 0.2) is 0 Å². The van der Waals surface area contributed by atoms with Gasteiger partial charge in [0.15, 0.2) is 0 Å². The summed E-state index contributed by atoms with van der Waals surface area (Å²) in [4.78, 5) is 11.9. The van der Waals surface area contributed by atoms with E-state index in [1.165, 1.54) is 0 Å². The van der Waals surface area contributed by atoms with Crippen LogP contribution in [0, 0.1) is 5.41 Å². The van der Waals surface area contributed by atoms with E-state index in [9.17, 15) is 4.79 Å². The maximum atomic E-state index is 11.9. The maximum Gasteiger partial charge on any atom is 0.249 e. The number of ether oxygens (including phenoxy) is 2. The van der Waals surface area contributed by atoms with Crippen LogP contribution in [0.3, 0.4) is 0 Å². The third kappa shape index (κ3) is 3.43. The molecule has 2 saturated heterocycles. The highest BCUT2D eigenvalue weighted by Gasteiger charge is 2.33. The van der Waals surface area contributed by atoms with Gasteiger partial charge >= 0.3 is 0 Å². The van der Waals surface area contributed by atoms with Gasteiger partial charge in [-0.2, -0.15) is 0 Å². The van der Waals surface area contributed by atoms with E-state index in [1.807, 2.05) is 0 Å². The lowest BCUT2D eigenvalue weighted by Crippen LogP contribution is -2.48. The topological polar surface area (TPSA) is 59.6 Å². The zero-order valence-corrected chi connectivity index (χ0v) is 11.2. The Kier molecular flexibility index (Phi) is 4.97. The average molecular weight is 256 g/mol. The highest BCUT2D eigenvalue weighted by Crippen LogP contribution is 2.28. The van der Waals surface area contributed by atoms with Crippen LogP contribution in [0.25, 0.3) is 0 Å². The molecular formula is C13H24N2O3. The van der Waals surface area contributed by atoms with Crippen LogP contribution in [0.5, 0.6) is 0 Å². The van der Waals surface area contributed by atoms with Gasteiger partial charge in [-0.15, -0.1) is 0 Å². The fourth-order valence-corrected chi connectivity index (χ4v) is 2.81. The van der Waals surface area contributed by atoms with E-state index in [0.29, 0.717) is 19.8 Å². The van der Waals surface area contributed by atoms with E-state index in [0.717, 1.165) is 38.8 Å². The first-order chi connectivity index (χ1) is 8.76. The second kappa shape index (κ2) is 6.50. The fraction of sp³-hybridized carbons (Fsp3) is 0.923. The Morgan fingerprint density at radius 3 is 2.89 bits per heavy atom. The number of methoxy groups -OCH3 is 1. The van der Waals surface area contributed by atoms with E-state index >= 15 is 0 Å². The van der Waals surface area contributed by atoms with Gasteiger partial charge in [0.25, 0.3) is 0 Å². The van der Waals surface area contributed by atoms with Gasteiger partial charge < -0.3 is 20.1 Å². The van der Waals surface area contributed by atoms with Crippen molar-refractivity contribution in [1.29, 1.82) is 0 Å². The number of nitrogens with one attached hydrogen (secondary N) is 2. The van der Waals surface area contributed by atoms with Gasteiger partial charge in [-0.1, -0.05) is 0 Å². The summed E-state index contributed by atoms with van der Waals surface area (Å²) < 4.78 is 10.7. The van der Waals surface area contributed by atoms with Crippen molar-refractivity contribution >= 4 is 5.91 Å². The molecule has 0 aliphatic carbocycles. The van der Waals surface area contributed by atoms with Crippen molar-refractivity contribution in [1.82, 2.24) is 10.6 Å². The fourth-order valence-electron chi connectivity index (χ4n) is 2.81. The zero-order valence-electron chi connectivity index (χ0n) is 11.2. The number of hydrogen-bond donors (Lipinski definition) is 2. The first-order valence-corrected chi connectivity index (χ1v) is 6.85. The molecule has 5 heteroatoms. The van der Waals surface area contributed by atoms with Crippen LogP contribution in [0.1, 0.15) is 25.7 Å². The Labute approximate surface area is 109 Å². The van der Waals surface area contributed by atoms with Crippen molar-refractivity contribution < 1.29 is 14.3 Å². The minimum absolute atomic E-state index is 0.0431. The summed E-state index contributed by atoms with van der Waals surface area (Å²) in [6.07, 6.45) is 3.71. The number of amides is 1. The van der Waals surface area contributed by atoms with Gasteiger partial charge in [0, 0.05) is 25.7 Å². The van der Waals surface area contributed by atoms with Crippen LogP contribution in [0.2, 0.25) is 0 Å². The van der Waals surface area contributed by atoms with Crippen molar-refractivity contribution in [2.24, 2.45) is 5.41 Å². The van der Waals surface area contributed by atoms with E-state index < -0.39 is 0 Å². The highest BCUT2D eigenvalue weighted by atomic mass is 16.5. The lowest BCUT2D eigenvalue weighted by atomic mass is 9.79. The highest BCUT2D eigenvalue weighted by molar-refractivity contribution is 5.81. The third-order valence-electron chi connectivity index (χ3n) is 3.97. The van der Waals surface area contributed by atoms with E-state index in [2.05, 4.69) is 10.6 Å². The Morgan fingerprint density at radius 1 is 1.50 bits per heavy atom. The van der Waals surface area contributed by atoms with Crippen molar-refractivity contribution in [3.63, 3.8) is 0 Å². The van der Waals surface area contributed by atoms with Gasteiger partial charge in [-0.3, -0.25) is 4.79 Å². The summed E-state index contributed by atoms with van der Waals surface area (Å²) in [7, 11) is 1.73. The van der Waals surface area contributed by atoms with Crippen molar-refractivity contribution in [2.75, 3.05) is 40.0 Å². The molecule has 2 heterocycles. The maximum absolute atomic E-state index is 11.9. The first-order valence-electron chi connectivity index (χ1n) is 6.85. The Hall–Kier alpha value is -0.650. The predicted octanol–water partition coefficient (Wildman–Crippen LogP) is 0.298. The molecule has 1 atom stereocenters. The van der Waals surface area contributed by atoms with E-state index in [1.54, 1.807) is 7.11 Å². The lowest BCUT2D eigenvalue weighted by Gasteiger charge is -2.37. The lowest BCUT2D eigenvalue weighted by molar-refractivity contribution is -0.131. The molecule has 104 valence electrons. The van der Waals surface area contributed by atoms with E-state index in [4.69, 9.17) is 9.47 Å². The Bertz CT molecular complexity index is 266. The molecule has 2 fully saturated rings. The molecule has 2 rings (SSSR count). The predicted molar refractivity (Wildman–Crippen MR) is 68.4 cm³/mol. The van der Waals surface area contributed by atoms with Crippen LogP contribution in [-0.2, 0) is 14.3 Å². The first kappa shape index (κ1) is 13.8. The number of carbonyl (C=O) groups is 1. The smallest absolute Gasteiger partial charge is 0.249 e. The molecule has 2 aliphatic rings. The van der Waals surface area contributed by atoms with E-state index in [-0.39, 0.29) is 17.4 Å². The van der Waals surface area contributed by atoms with Gasteiger partial charge in [-0.25, -0.2) is 0 Å². The molecule has 0 aromatic carbocycles. The minimum atomic E-state index is -0.230. The normalized spacial score (nSPS) is 27.1. The summed E-state index contributed by atoms with van der Waals surface area (Å²) >= 11 is 0. The molecule has 1 amide bonds. The van der Waals surface area contributed by atoms with Gasteiger partial charge in [0.05, 0.1) is 6.61 Å². The number of piperidine rings is 1. The van der Waals surface area contributed by atoms with Crippen LogP contribution >= 0.6 is 0 Å². The monoisotopic (exact) mass is 256 g/mol. The molecule has 0 radical (unpaired) electrons. The second-order valence-electron chi connectivity index (χ2n) is 5.40. The molecule has 0 spiro atoms. The average Bonchev–Trinajstić information content (AvgIpc) is 2.91. The summed E-state index contributed by atoms with van der Waals surface area (Å²) in [6.45, 7) is 4.12. The third-order valence-corrected chi connectivity index (χ3v) is 3.97. The number of carbonyl (C=O) groups excluding carboxylic acids is 1. The van der Waals surface area contributed by atoms with Crippen LogP contribution in [-0.4, -0.2) is 52.0 Å². The van der Waals surface area contributed by atoms with Crippen LogP contribution in [0.4, 0.5) is 0 Å². The summed E-state index contributed by atoms with van der Waals surface area (Å²) in [5.41, 5.74) is 0.0915. The Balaban J connectivity index is 1.82. The van der Waals surface area contributed by atoms with Gasteiger partial charge in [-0.05, 0) is 38.8 Å². The summed E-state index contributed by atoms with van der Waals surface area (Å²) in [5.74, 6) is 0.0431. The van der Waals surface area contributed by atoms with Crippen molar-refractivity contribution in [3.8, 4) is 0 Å². The van der Waals surface area contributed by atoms with Crippen LogP contribution < -0.4 is 10.6 Å². The quantitative estimate of drug-likeness (QED) is 0.742. The standard InChI is InChI=1S/C13H24N2O3/c1-17-10-13(4-6-14-7-5-13)9-15-12(16)11-3-2-8-18-11/h11,14H,2-10H2,1H3,(H,15,16). The molecule has 18 heavy (non-hydrogen) atoms. The Morgan fingerprint density at radius 2 is 2.28 bits per heavy atom. The van der Waals surface area contributed by atoms with Gasteiger partial charge in [0.2, 0.25) is 5.91 Å². The van der Waals surface area contributed by atoms with Crippen molar-refractivity contribution in [3.05, 3.63) is 0 Å². The zero-order chi connectivity index (χ0) is 12.8. The molecule has 1 unspecified atom stereocenters. The molecular weight excluding hydrogens is 232 g/mol. The van der Waals surface area contributed by atoms with Gasteiger partial charge in [0.1, 0.15) is 6.10 Å². The molecule has 0 aromatic heterocycles. The number of hydrogen-bond acceptors (Lipinski definition) is 4. The molecule has 2 aliphatic heterocycles. The molecule has 0 aromatic rings. The minimum Gasteiger partial charge on any atom is -0.384 e. The molecule has 5 nitrogen and oxygen atoms in total. The molecule has 0 bridgehead atoms. The molecule has 2 N–H and O–H groups in total. The largest absolute Gasteiger partial charge is 0.384 e. The van der Waals surface area contributed by atoms with Crippen molar-refractivity contribution in [2.45, 2.75) is 31.8 Å². The second-order valence-corrected chi connectivity index (χ2v) is 5.40. The summed E-state index contributed by atoms with van der Waals surface area (Å²) in [5, 5.41) is 6.40. The number of rotatable bonds is 5. The SMILES string of the molecule is COCC1(CNC(=O)C2CCCO2)CCNCC1.